The average molecular weight is 727 g/mol. The number of carbonyl (C=O) groups excluding carboxylic acids is 2. The van der Waals surface area contributed by atoms with Crippen LogP contribution in [0.3, 0.4) is 0 Å². The van der Waals surface area contributed by atoms with Crippen LogP contribution in [0.4, 0.5) is 21.0 Å². The van der Waals surface area contributed by atoms with Crippen LogP contribution in [0, 0.1) is 20.2 Å². The van der Waals surface area contributed by atoms with Crippen LogP contribution in [0.5, 0.6) is 0 Å². The molecule has 0 unspecified atom stereocenters. The Labute approximate surface area is 294 Å². The fraction of sp³-hybridized carbons (Fsp3) is 0.471. The fourth-order valence-electron chi connectivity index (χ4n) is 6.15. The lowest BCUT2D eigenvalue weighted by Gasteiger charge is -2.30. The minimum atomic E-state index is -3.61. The third kappa shape index (κ3) is 7.92. The second-order valence-electron chi connectivity index (χ2n) is 14.4. The van der Waals surface area contributed by atoms with Gasteiger partial charge in [0.15, 0.2) is 0 Å². The summed E-state index contributed by atoms with van der Waals surface area (Å²) in [5.74, 6) is -0.101. The zero-order valence-electron chi connectivity index (χ0n) is 29.6. The number of H-pyrrole nitrogens is 1. The number of hydrogen-bond acceptors (Lipinski definition) is 10. The van der Waals surface area contributed by atoms with Crippen LogP contribution < -0.4 is 0 Å². The van der Waals surface area contributed by atoms with Crippen LogP contribution in [0.15, 0.2) is 36.4 Å². The minimum Gasteiger partial charge on any atom is -0.444 e. The fourth-order valence-corrected chi connectivity index (χ4v) is 7.40. The zero-order chi connectivity index (χ0) is 37.6. The highest BCUT2D eigenvalue weighted by Gasteiger charge is 2.33. The summed E-state index contributed by atoms with van der Waals surface area (Å²) in [5.41, 5.74) is 3.09. The smallest absolute Gasteiger partial charge is 0.410 e. The van der Waals surface area contributed by atoms with E-state index in [1.54, 1.807) is 44.7 Å². The number of aromatic amines is 1. The Morgan fingerprint density at radius 3 is 1.84 bits per heavy atom. The zero-order valence-corrected chi connectivity index (χ0v) is 30.5. The molecule has 17 heteroatoms. The Morgan fingerprint density at radius 1 is 0.804 bits per heavy atom. The number of fused-ring (bicyclic) bond motifs is 6. The normalized spacial score (nSPS) is 14.7. The number of nitro benzene ring substituents is 2. The highest BCUT2D eigenvalue weighted by atomic mass is 32.2. The van der Waals surface area contributed by atoms with Crippen molar-refractivity contribution in [1.82, 2.24) is 18.8 Å². The van der Waals surface area contributed by atoms with Gasteiger partial charge in [-0.2, -0.15) is 0 Å². The number of nitro groups is 2. The second-order valence-corrected chi connectivity index (χ2v) is 16.5. The second kappa shape index (κ2) is 13.5. The molecule has 2 aromatic heterocycles. The molecule has 0 saturated heterocycles. The van der Waals surface area contributed by atoms with Gasteiger partial charge in [0.05, 0.1) is 34.2 Å². The first-order valence-electron chi connectivity index (χ1n) is 16.5. The maximum Gasteiger partial charge on any atom is 0.410 e. The number of rotatable bonds is 4. The van der Waals surface area contributed by atoms with Gasteiger partial charge >= 0.3 is 12.2 Å². The first-order chi connectivity index (χ1) is 23.7. The predicted molar refractivity (Wildman–Crippen MR) is 189 cm³/mol. The molecule has 2 aliphatic heterocycles. The Kier molecular flexibility index (Phi) is 9.82. The number of hydrogen-bond donors (Lipinski definition) is 1. The Morgan fingerprint density at radius 2 is 1.31 bits per heavy atom. The highest BCUT2D eigenvalue weighted by molar-refractivity contribution is 7.90. The number of ether oxygens (including phenoxy) is 2. The Balaban J connectivity index is 0.000000201. The van der Waals surface area contributed by atoms with Crippen LogP contribution in [-0.2, 0) is 45.4 Å². The first kappa shape index (κ1) is 37.1. The summed E-state index contributed by atoms with van der Waals surface area (Å²) in [6.45, 7) is 13.7. The molecule has 2 amide bonds. The lowest BCUT2D eigenvalue weighted by atomic mass is 10.0. The number of nitrogens with one attached hydrogen (secondary N) is 1. The molecule has 51 heavy (non-hydrogen) atoms. The predicted octanol–water partition coefficient (Wildman–Crippen LogP) is 6.41. The Bertz CT molecular complexity index is 2160. The van der Waals surface area contributed by atoms with E-state index >= 15 is 0 Å². The van der Waals surface area contributed by atoms with Crippen LogP contribution in [0.25, 0.3) is 21.8 Å². The number of amides is 2. The van der Waals surface area contributed by atoms with Crippen LogP contribution >= 0.6 is 0 Å². The Hall–Kier alpha value is -5.19. The van der Waals surface area contributed by atoms with E-state index in [-0.39, 0.29) is 29.8 Å². The largest absolute Gasteiger partial charge is 0.444 e. The molecule has 4 aromatic rings. The molecule has 274 valence electrons. The molecule has 0 fully saturated rings. The van der Waals surface area contributed by atoms with E-state index in [0.717, 1.165) is 22.2 Å². The van der Waals surface area contributed by atoms with E-state index in [4.69, 9.17) is 9.47 Å². The summed E-state index contributed by atoms with van der Waals surface area (Å²) in [6.07, 6.45) is 0.138. The molecule has 4 heterocycles. The maximum atomic E-state index is 12.7. The molecule has 2 aromatic carbocycles. The van der Waals surface area contributed by atoms with Crippen molar-refractivity contribution in [3.05, 3.63) is 79.1 Å². The van der Waals surface area contributed by atoms with Crippen molar-refractivity contribution in [2.75, 3.05) is 18.8 Å². The number of benzene rings is 2. The quantitative estimate of drug-likeness (QED) is 0.181. The molecule has 1 N–H and O–H groups in total. The van der Waals surface area contributed by atoms with Crippen molar-refractivity contribution in [3.8, 4) is 0 Å². The van der Waals surface area contributed by atoms with Gasteiger partial charge in [-0.05, 0) is 60.6 Å². The van der Waals surface area contributed by atoms with E-state index < -0.39 is 37.2 Å². The van der Waals surface area contributed by atoms with E-state index in [9.17, 15) is 38.2 Å². The third-order valence-electron chi connectivity index (χ3n) is 8.41. The van der Waals surface area contributed by atoms with Gasteiger partial charge in [0.25, 0.3) is 11.4 Å². The number of aromatic nitrogens is 2. The van der Waals surface area contributed by atoms with E-state index in [0.29, 0.717) is 54.6 Å². The molecule has 0 spiro atoms. The van der Waals surface area contributed by atoms with E-state index in [1.165, 1.54) is 33.1 Å². The first-order valence-corrected chi connectivity index (χ1v) is 18.1. The van der Waals surface area contributed by atoms with Gasteiger partial charge in [-0.25, -0.2) is 22.0 Å². The maximum absolute atomic E-state index is 12.7. The van der Waals surface area contributed by atoms with Crippen molar-refractivity contribution in [1.29, 1.82) is 0 Å². The van der Waals surface area contributed by atoms with E-state index in [2.05, 4.69) is 4.98 Å². The van der Waals surface area contributed by atoms with Crippen molar-refractivity contribution >= 4 is 55.4 Å². The summed E-state index contributed by atoms with van der Waals surface area (Å²) in [6, 6.07) is 8.87. The van der Waals surface area contributed by atoms with Crippen LogP contribution in [0.1, 0.15) is 71.0 Å². The molecule has 0 atom stereocenters. The molecule has 0 bridgehead atoms. The van der Waals surface area contributed by atoms with Crippen LogP contribution in [-0.4, -0.2) is 79.3 Å². The van der Waals surface area contributed by atoms with Gasteiger partial charge in [0.1, 0.15) is 11.2 Å². The van der Waals surface area contributed by atoms with Crippen molar-refractivity contribution in [2.24, 2.45) is 0 Å². The van der Waals surface area contributed by atoms with Gasteiger partial charge in [0.2, 0.25) is 10.0 Å². The van der Waals surface area contributed by atoms with Gasteiger partial charge in [0, 0.05) is 89.0 Å². The summed E-state index contributed by atoms with van der Waals surface area (Å²) in [4.78, 5) is 52.4. The topological polar surface area (TPSA) is 200 Å². The monoisotopic (exact) mass is 726 g/mol. The molecular formula is C34H42N6O10S. The van der Waals surface area contributed by atoms with E-state index in [1.807, 2.05) is 20.8 Å². The lowest BCUT2D eigenvalue weighted by molar-refractivity contribution is -0.384. The molecular weight excluding hydrogens is 684 g/mol. The number of nitrogens with zero attached hydrogens (tertiary/aromatic N) is 5. The summed E-state index contributed by atoms with van der Waals surface area (Å²) < 4.78 is 37.5. The number of non-ortho nitro benzene ring substituents is 2. The molecule has 0 radical (unpaired) electrons. The van der Waals surface area contributed by atoms with Gasteiger partial charge in [-0.1, -0.05) is 0 Å². The summed E-state index contributed by atoms with van der Waals surface area (Å²) in [5, 5.41) is 23.4. The van der Waals surface area contributed by atoms with Crippen LogP contribution in [0.2, 0.25) is 0 Å². The average Bonchev–Trinajstić information content (AvgIpc) is 3.57. The van der Waals surface area contributed by atoms with Crippen molar-refractivity contribution in [2.45, 2.75) is 85.6 Å². The summed E-state index contributed by atoms with van der Waals surface area (Å²) >= 11 is 0. The minimum absolute atomic E-state index is 0.0497. The molecule has 6 rings (SSSR count). The highest BCUT2D eigenvalue weighted by Crippen LogP contribution is 2.35. The molecule has 0 aliphatic carbocycles. The summed E-state index contributed by atoms with van der Waals surface area (Å²) in [7, 11) is -3.61. The standard InChI is InChI=1S/C18H23N3O6S.C16H19N3O4/c1-5-28(25,26)20-15-7-6-12(21(23)24)10-13(15)14-11-19(9-8-16(14)20)17(22)27-18(2,3)4;1-16(2,3)23-15(20)18-7-6-14-12(9-18)11-8-10(19(21)22)4-5-13(11)17-14/h6-7,10H,5,8-9,11H2,1-4H3;4-5,8,17H,6-7,9H2,1-3H3. The SMILES string of the molecule is CC(C)(C)OC(=O)N1CCc2[nH]c3ccc([N+](=O)[O-])cc3c2C1.CCS(=O)(=O)n1c2c(c3cc([N+](=O)[O-])ccc31)CN(C(=O)OC(C)(C)C)CC2. The van der Waals surface area contributed by atoms with Crippen molar-refractivity contribution in [3.63, 3.8) is 0 Å². The van der Waals surface area contributed by atoms with Gasteiger partial charge in [-0.3, -0.25) is 20.2 Å². The van der Waals surface area contributed by atoms with Gasteiger partial charge < -0.3 is 24.3 Å². The third-order valence-corrected chi connectivity index (χ3v) is 10.1. The lowest BCUT2D eigenvalue weighted by Crippen LogP contribution is -2.40. The molecule has 2 aliphatic rings. The molecule has 0 saturated carbocycles. The number of carbonyl (C=O) groups is 2. The molecule has 16 nitrogen and oxygen atoms in total. The van der Waals surface area contributed by atoms with Crippen molar-refractivity contribution < 1.29 is 37.3 Å². The van der Waals surface area contributed by atoms with Gasteiger partial charge in [-0.15, -0.1) is 0 Å².